The van der Waals surface area contributed by atoms with Crippen LogP contribution in [-0.4, -0.2) is 34.5 Å². The predicted molar refractivity (Wildman–Crippen MR) is 79.0 cm³/mol. The predicted octanol–water partition coefficient (Wildman–Crippen LogP) is 2.16. The molecular weight excluding hydrogens is 296 g/mol. The molecule has 0 radical (unpaired) electrons. The van der Waals surface area contributed by atoms with Crippen molar-refractivity contribution >= 4 is 33.8 Å². The van der Waals surface area contributed by atoms with Gasteiger partial charge in [-0.05, 0) is 24.3 Å². The Hall–Kier alpha value is -1.51. The van der Waals surface area contributed by atoms with Crippen molar-refractivity contribution in [1.82, 2.24) is 15.5 Å². The van der Waals surface area contributed by atoms with Crippen LogP contribution in [0.25, 0.3) is 10.6 Å². The lowest BCUT2D eigenvalue weighted by Crippen LogP contribution is -2.35. The number of urea groups is 1. The Balaban J connectivity index is 1.54. The van der Waals surface area contributed by atoms with E-state index in [1.807, 2.05) is 16.8 Å². The van der Waals surface area contributed by atoms with Crippen molar-refractivity contribution in [3.63, 3.8) is 0 Å². The molecule has 0 bridgehead atoms. The lowest BCUT2D eigenvalue weighted by Gasteiger charge is -2.12. The number of anilines is 1. The summed E-state index contributed by atoms with van der Waals surface area (Å²) in [6, 6.07) is 1.66. The Kier molecular flexibility index (Phi) is 3.68. The van der Waals surface area contributed by atoms with Crippen LogP contribution in [0.1, 0.15) is 12.8 Å². The normalized spacial score (nSPS) is 15.8. The molecule has 1 saturated carbocycles. The minimum atomic E-state index is -0.308. The molecule has 20 heavy (non-hydrogen) atoms. The summed E-state index contributed by atoms with van der Waals surface area (Å²) in [6.07, 6.45) is 1.93. The fourth-order valence-corrected chi connectivity index (χ4v) is 3.20. The second-order valence-electron chi connectivity index (χ2n) is 4.89. The molecule has 2 aromatic rings. The van der Waals surface area contributed by atoms with Crippen LogP contribution in [0.4, 0.5) is 9.93 Å². The summed E-state index contributed by atoms with van der Waals surface area (Å²) in [5.74, 6) is 0. The fourth-order valence-electron chi connectivity index (χ4n) is 1.75. The summed E-state index contributed by atoms with van der Waals surface area (Å²) in [7, 11) is 0. The summed E-state index contributed by atoms with van der Waals surface area (Å²) < 4.78 is 0. The van der Waals surface area contributed by atoms with Crippen molar-refractivity contribution in [2.45, 2.75) is 12.8 Å². The number of carbonyl (C=O) groups excluding carboxylic acids is 1. The molecule has 2 amide bonds. The summed E-state index contributed by atoms with van der Waals surface area (Å²) in [6.45, 7) is 0.611. The second kappa shape index (κ2) is 5.47. The molecule has 0 aromatic carbocycles. The number of nitrogens with zero attached hydrogens (tertiary/aromatic N) is 2. The number of nitrogens with one attached hydrogen (secondary N) is 2. The van der Waals surface area contributed by atoms with Gasteiger partial charge in [-0.2, -0.15) is 11.3 Å². The Morgan fingerprint density at radius 2 is 2.30 bits per heavy atom. The zero-order valence-electron chi connectivity index (χ0n) is 10.6. The van der Waals surface area contributed by atoms with Gasteiger partial charge in [-0.15, -0.1) is 10.2 Å². The molecule has 8 heteroatoms. The van der Waals surface area contributed by atoms with Crippen LogP contribution in [0.2, 0.25) is 0 Å². The molecule has 1 aliphatic rings. The number of aliphatic hydroxyl groups excluding tert-OH is 1. The van der Waals surface area contributed by atoms with Gasteiger partial charge < -0.3 is 10.4 Å². The first-order chi connectivity index (χ1) is 9.71. The number of hydrogen-bond donors (Lipinski definition) is 3. The first-order valence-corrected chi connectivity index (χ1v) is 7.98. The van der Waals surface area contributed by atoms with Crippen LogP contribution in [0, 0.1) is 5.41 Å². The van der Waals surface area contributed by atoms with Gasteiger partial charge in [0, 0.05) is 22.9 Å². The maximum atomic E-state index is 11.7. The average molecular weight is 310 g/mol. The Labute approximate surface area is 123 Å². The van der Waals surface area contributed by atoms with E-state index in [1.54, 1.807) is 11.3 Å². The fraction of sp³-hybridized carbons (Fsp3) is 0.417. The highest BCUT2D eigenvalue weighted by Crippen LogP contribution is 2.44. The van der Waals surface area contributed by atoms with Gasteiger partial charge >= 0.3 is 6.03 Å². The minimum Gasteiger partial charge on any atom is -0.396 e. The molecular formula is C12H14N4O2S2. The third kappa shape index (κ3) is 2.97. The monoisotopic (exact) mass is 310 g/mol. The summed E-state index contributed by atoms with van der Waals surface area (Å²) in [5.41, 5.74) is 0.915. The molecule has 106 valence electrons. The number of amides is 2. The summed E-state index contributed by atoms with van der Waals surface area (Å²) >= 11 is 2.93. The van der Waals surface area contributed by atoms with Gasteiger partial charge in [0.15, 0.2) is 0 Å². The quantitative estimate of drug-likeness (QED) is 0.790. The van der Waals surface area contributed by atoms with Crippen molar-refractivity contribution in [3.8, 4) is 10.6 Å². The van der Waals surface area contributed by atoms with Gasteiger partial charge in [0.1, 0.15) is 5.01 Å². The SMILES string of the molecule is O=C(NCC1(CO)CC1)Nc1nnc(-c2ccsc2)s1. The van der Waals surface area contributed by atoms with Crippen molar-refractivity contribution < 1.29 is 9.90 Å². The van der Waals surface area contributed by atoms with Gasteiger partial charge in [0.2, 0.25) is 5.13 Å². The molecule has 0 atom stereocenters. The van der Waals surface area contributed by atoms with E-state index in [-0.39, 0.29) is 18.1 Å². The van der Waals surface area contributed by atoms with Crippen molar-refractivity contribution in [3.05, 3.63) is 16.8 Å². The van der Waals surface area contributed by atoms with E-state index in [0.29, 0.717) is 11.7 Å². The van der Waals surface area contributed by atoms with Gasteiger partial charge in [0.05, 0.1) is 6.61 Å². The molecule has 0 spiro atoms. The van der Waals surface area contributed by atoms with E-state index in [1.165, 1.54) is 11.3 Å². The van der Waals surface area contributed by atoms with Gasteiger partial charge in [0.25, 0.3) is 0 Å². The number of hydrogen-bond acceptors (Lipinski definition) is 6. The number of carbonyl (C=O) groups is 1. The van der Waals surface area contributed by atoms with Crippen LogP contribution >= 0.6 is 22.7 Å². The van der Waals surface area contributed by atoms with Crippen LogP contribution in [-0.2, 0) is 0 Å². The molecule has 0 unspecified atom stereocenters. The summed E-state index contributed by atoms with van der Waals surface area (Å²) in [4.78, 5) is 11.7. The van der Waals surface area contributed by atoms with Crippen LogP contribution in [0.15, 0.2) is 16.8 Å². The van der Waals surface area contributed by atoms with Gasteiger partial charge in [-0.25, -0.2) is 4.79 Å². The van der Waals surface area contributed by atoms with Gasteiger partial charge in [-0.3, -0.25) is 5.32 Å². The van der Waals surface area contributed by atoms with Crippen molar-refractivity contribution in [1.29, 1.82) is 0 Å². The smallest absolute Gasteiger partial charge is 0.321 e. The van der Waals surface area contributed by atoms with Crippen molar-refractivity contribution in [2.24, 2.45) is 5.41 Å². The highest BCUT2D eigenvalue weighted by molar-refractivity contribution is 7.19. The summed E-state index contributed by atoms with van der Waals surface area (Å²) in [5, 5.41) is 27.8. The van der Waals surface area contributed by atoms with E-state index in [4.69, 9.17) is 0 Å². The topological polar surface area (TPSA) is 87.1 Å². The number of aliphatic hydroxyl groups is 1. The van der Waals surface area contributed by atoms with E-state index in [0.717, 1.165) is 23.4 Å². The maximum absolute atomic E-state index is 11.7. The largest absolute Gasteiger partial charge is 0.396 e. The van der Waals surface area contributed by atoms with E-state index in [9.17, 15) is 9.90 Å². The third-order valence-corrected chi connectivity index (χ3v) is 4.90. The Bertz CT molecular complexity index is 592. The van der Waals surface area contributed by atoms with Crippen molar-refractivity contribution in [2.75, 3.05) is 18.5 Å². The maximum Gasteiger partial charge on any atom is 0.321 e. The van der Waals surface area contributed by atoms with E-state index in [2.05, 4.69) is 20.8 Å². The van der Waals surface area contributed by atoms with E-state index >= 15 is 0 Å². The highest BCUT2D eigenvalue weighted by Gasteiger charge is 2.42. The molecule has 1 fully saturated rings. The molecule has 3 rings (SSSR count). The first kappa shape index (κ1) is 13.5. The molecule has 2 aromatic heterocycles. The second-order valence-corrected chi connectivity index (χ2v) is 6.65. The molecule has 6 nitrogen and oxygen atoms in total. The number of thiophene rings is 1. The lowest BCUT2D eigenvalue weighted by molar-refractivity contribution is 0.206. The number of rotatable bonds is 5. The third-order valence-electron chi connectivity index (χ3n) is 3.33. The van der Waals surface area contributed by atoms with Crippen LogP contribution in [0.3, 0.4) is 0 Å². The molecule has 0 aliphatic heterocycles. The minimum absolute atomic E-state index is 0.0969. The number of aromatic nitrogens is 2. The molecule has 2 heterocycles. The zero-order chi connectivity index (χ0) is 14.0. The highest BCUT2D eigenvalue weighted by atomic mass is 32.1. The average Bonchev–Trinajstić information content (AvgIpc) is 2.86. The Morgan fingerprint density at radius 3 is 2.95 bits per heavy atom. The zero-order valence-corrected chi connectivity index (χ0v) is 12.3. The van der Waals surface area contributed by atoms with Crippen LogP contribution < -0.4 is 10.6 Å². The molecule has 0 saturated heterocycles. The lowest BCUT2D eigenvalue weighted by atomic mass is 10.1. The van der Waals surface area contributed by atoms with Crippen LogP contribution in [0.5, 0.6) is 0 Å². The first-order valence-electron chi connectivity index (χ1n) is 6.23. The Morgan fingerprint density at radius 1 is 1.45 bits per heavy atom. The molecule has 3 N–H and O–H groups in total. The standard InChI is InChI=1S/C12H14N4O2S2/c17-7-12(2-3-12)6-13-10(18)14-11-16-15-9(20-11)8-1-4-19-5-8/h1,4-5,17H,2-3,6-7H2,(H2,13,14,16,18). The molecule has 1 aliphatic carbocycles. The van der Waals surface area contributed by atoms with Gasteiger partial charge in [-0.1, -0.05) is 11.3 Å². The van der Waals surface area contributed by atoms with E-state index < -0.39 is 0 Å².